The number of aryl methyl sites for hydroxylation is 1. The zero-order chi connectivity index (χ0) is 29.7. The predicted molar refractivity (Wildman–Crippen MR) is 161 cm³/mol. The van der Waals surface area contributed by atoms with E-state index in [2.05, 4.69) is 21.2 Å². The van der Waals surface area contributed by atoms with Crippen molar-refractivity contribution in [2.24, 2.45) is 0 Å². The molecule has 0 aliphatic rings. The van der Waals surface area contributed by atoms with Crippen LogP contribution in [0.3, 0.4) is 0 Å². The summed E-state index contributed by atoms with van der Waals surface area (Å²) in [4.78, 5) is 28.6. The fraction of sp³-hybridized carbons (Fsp3) is 0.333. The van der Waals surface area contributed by atoms with Gasteiger partial charge in [0.05, 0.1) is 17.7 Å². The van der Waals surface area contributed by atoms with Crippen LogP contribution in [-0.4, -0.2) is 50.4 Å². The third-order valence-electron chi connectivity index (χ3n) is 6.16. The smallest absolute Gasteiger partial charge is 0.264 e. The second kappa shape index (κ2) is 12.9. The van der Waals surface area contributed by atoms with Gasteiger partial charge in [0.1, 0.15) is 18.3 Å². The van der Waals surface area contributed by atoms with Gasteiger partial charge in [-0.1, -0.05) is 45.8 Å². The van der Waals surface area contributed by atoms with Gasteiger partial charge in [-0.25, -0.2) is 8.42 Å². The van der Waals surface area contributed by atoms with E-state index in [1.807, 2.05) is 52.0 Å². The Kier molecular flexibility index (Phi) is 10.0. The molecule has 2 amide bonds. The predicted octanol–water partition coefficient (Wildman–Crippen LogP) is 5.29. The number of anilines is 1. The van der Waals surface area contributed by atoms with E-state index in [0.717, 1.165) is 19.9 Å². The van der Waals surface area contributed by atoms with E-state index in [9.17, 15) is 18.0 Å². The molecule has 0 heterocycles. The number of nitrogens with zero attached hydrogens (tertiary/aromatic N) is 2. The normalized spacial score (nSPS) is 12.4. The van der Waals surface area contributed by atoms with E-state index < -0.39 is 34.1 Å². The molecule has 0 fully saturated rings. The summed E-state index contributed by atoms with van der Waals surface area (Å²) in [5, 5.41) is 2.92. The van der Waals surface area contributed by atoms with Crippen molar-refractivity contribution in [2.75, 3.05) is 18.0 Å². The maximum atomic E-state index is 14.0. The fourth-order valence-electron chi connectivity index (χ4n) is 4.00. The number of halogens is 1. The molecule has 0 unspecified atom stereocenters. The van der Waals surface area contributed by atoms with Crippen LogP contribution in [0.2, 0.25) is 0 Å². The van der Waals surface area contributed by atoms with E-state index in [4.69, 9.17) is 4.74 Å². The Morgan fingerprint density at radius 3 is 2.17 bits per heavy atom. The minimum Gasteiger partial charge on any atom is -0.497 e. The molecule has 0 aliphatic heterocycles. The molecular formula is C30H36BrN3O5S. The third-order valence-corrected chi connectivity index (χ3v) is 8.44. The molecule has 10 heteroatoms. The number of rotatable bonds is 10. The molecule has 1 atom stereocenters. The number of methoxy groups -OCH3 is 1. The van der Waals surface area contributed by atoms with Crippen molar-refractivity contribution in [1.29, 1.82) is 0 Å². The number of carbonyl (C=O) groups is 2. The molecule has 0 spiro atoms. The van der Waals surface area contributed by atoms with Crippen molar-refractivity contribution in [1.82, 2.24) is 10.2 Å². The van der Waals surface area contributed by atoms with Gasteiger partial charge in [0, 0.05) is 16.6 Å². The van der Waals surface area contributed by atoms with Gasteiger partial charge in [-0.15, -0.1) is 0 Å². The van der Waals surface area contributed by atoms with Gasteiger partial charge in [-0.3, -0.25) is 13.9 Å². The van der Waals surface area contributed by atoms with E-state index in [1.54, 1.807) is 43.3 Å². The van der Waals surface area contributed by atoms with Crippen LogP contribution in [0.5, 0.6) is 5.75 Å². The molecule has 0 aliphatic carbocycles. The number of benzene rings is 3. The number of ether oxygens (including phenoxy) is 1. The van der Waals surface area contributed by atoms with Crippen molar-refractivity contribution in [3.63, 3.8) is 0 Å². The number of nitrogens with one attached hydrogen (secondary N) is 1. The zero-order valence-electron chi connectivity index (χ0n) is 23.6. The molecule has 0 saturated heterocycles. The van der Waals surface area contributed by atoms with Crippen molar-refractivity contribution in [3.05, 3.63) is 88.4 Å². The van der Waals surface area contributed by atoms with Crippen LogP contribution in [-0.2, 0) is 26.2 Å². The number of carbonyl (C=O) groups excluding carboxylic acids is 2. The summed E-state index contributed by atoms with van der Waals surface area (Å²) in [5.74, 6) is -0.347. The van der Waals surface area contributed by atoms with Crippen LogP contribution in [0, 0.1) is 6.92 Å². The topological polar surface area (TPSA) is 96.0 Å². The monoisotopic (exact) mass is 629 g/mol. The molecule has 8 nitrogen and oxygen atoms in total. The second-order valence-corrected chi connectivity index (χ2v) is 13.4. The fourth-order valence-corrected chi connectivity index (χ4v) is 5.86. The molecule has 3 aromatic rings. The summed E-state index contributed by atoms with van der Waals surface area (Å²) in [5.41, 5.74) is 1.56. The van der Waals surface area contributed by atoms with Crippen LogP contribution in [0.25, 0.3) is 0 Å². The molecule has 0 aromatic heterocycles. The van der Waals surface area contributed by atoms with Gasteiger partial charge in [0.15, 0.2) is 0 Å². The maximum Gasteiger partial charge on any atom is 0.264 e. The first-order valence-electron chi connectivity index (χ1n) is 12.8. The molecule has 214 valence electrons. The summed E-state index contributed by atoms with van der Waals surface area (Å²) in [6, 6.07) is 19.5. The van der Waals surface area contributed by atoms with E-state index in [1.165, 1.54) is 24.1 Å². The highest BCUT2D eigenvalue weighted by molar-refractivity contribution is 9.10. The maximum absolute atomic E-state index is 14.0. The number of hydrogen-bond donors (Lipinski definition) is 1. The second-order valence-electron chi connectivity index (χ2n) is 10.6. The SMILES string of the molecule is COc1ccc(S(=O)(=O)N(CC(=O)N(Cc2cccc(Br)c2)[C@@H](C)C(=O)NC(C)(C)C)c2ccc(C)cc2)cc1. The molecule has 1 N–H and O–H groups in total. The summed E-state index contributed by atoms with van der Waals surface area (Å²) in [6.07, 6.45) is 0. The van der Waals surface area contributed by atoms with Gasteiger partial charge in [0.2, 0.25) is 11.8 Å². The lowest BCUT2D eigenvalue weighted by Crippen LogP contribution is -2.54. The van der Waals surface area contributed by atoms with E-state index in [0.29, 0.717) is 11.4 Å². The Balaban J connectivity index is 2.03. The minimum atomic E-state index is -4.15. The van der Waals surface area contributed by atoms with Gasteiger partial charge in [-0.05, 0) is 88.7 Å². The average molecular weight is 631 g/mol. The standard InChI is InChI=1S/C30H36BrN3O5S/c1-21-10-12-25(13-11-21)34(40(37,38)27-16-14-26(39-6)15-17-27)20-28(35)33(19-23-8-7-9-24(31)18-23)22(2)29(36)32-30(3,4)5/h7-18,22H,19-20H2,1-6H3,(H,32,36)/t22-/m0/s1. The summed E-state index contributed by atoms with van der Waals surface area (Å²) in [6.45, 7) is 8.73. The lowest BCUT2D eigenvalue weighted by atomic mass is 10.1. The Hall–Kier alpha value is -3.37. The van der Waals surface area contributed by atoms with Crippen LogP contribution in [0.15, 0.2) is 82.2 Å². The molecule has 3 aromatic carbocycles. The quantitative estimate of drug-likeness (QED) is 0.329. The van der Waals surface area contributed by atoms with Crippen molar-refractivity contribution < 1.29 is 22.7 Å². The summed E-state index contributed by atoms with van der Waals surface area (Å²) >= 11 is 3.45. The first kappa shape index (κ1) is 31.2. The van der Waals surface area contributed by atoms with Gasteiger partial charge in [-0.2, -0.15) is 0 Å². The minimum absolute atomic E-state index is 0.0127. The molecule has 3 rings (SSSR count). The van der Waals surface area contributed by atoms with Crippen LogP contribution < -0.4 is 14.4 Å². The molecule has 40 heavy (non-hydrogen) atoms. The number of sulfonamides is 1. The van der Waals surface area contributed by atoms with Crippen molar-refractivity contribution >= 4 is 43.5 Å². The van der Waals surface area contributed by atoms with Gasteiger partial charge >= 0.3 is 0 Å². The highest BCUT2D eigenvalue weighted by Gasteiger charge is 2.33. The molecule has 0 bridgehead atoms. The van der Waals surface area contributed by atoms with Gasteiger partial charge in [0.25, 0.3) is 10.0 Å². The molecular weight excluding hydrogens is 594 g/mol. The van der Waals surface area contributed by atoms with Crippen molar-refractivity contribution in [3.8, 4) is 5.75 Å². The lowest BCUT2D eigenvalue weighted by Gasteiger charge is -2.33. The summed E-state index contributed by atoms with van der Waals surface area (Å²) in [7, 11) is -2.65. The van der Waals surface area contributed by atoms with E-state index >= 15 is 0 Å². The Labute approximate surface area is 245 Å². The Bertz CT molecular complexity index is 1440. The molecule has 0 radical (unpaired) electrons. The highest BCUT2D eigenvalue weighted by atomic mass is 79.9. The van der Waals surface area contributed by atoms with Crippen LogP contribution in [0.4, 0.5) is 5.69 Å². The lowest BCUT2D eigenvalue weighted by molar-refractivity contribution is -0.140. The first-order valence-corrected chi connectivity index (χ1v) is 15.0. The zero-order valence-corrected chi connectivity index (χ0v) is 26.0. The largest absolute Gasteiger partial charge is 0.497 e. The van der Waals surface area contributed by atoms with Crippen LogP contribution in [0.1, 0.15) is 38.8 Å². The number of amides is 2. The Morgan fingerprint density at radius 1 is 1.00 bits per heavy atom. The molecule has 0 saturated carbocycles. The summed E-state index contributed by atoms with van der Waals surface area (Å²) < 4.78 is 34.9. The Morgan fingerprint density at radius 2 is 1.62 bits per heavy atom. The van der Waals surface area contributed by atoms with E-state index in [-0.39, 0.29) is 17.3 Å². The van der Waals surface area contributed by atoms with Crippen LogP contribution >= 0.6 is 15.9 Å². The van der Waals surface area contributed by atoms with Crippen molar-refractivity contribution in [2.45, 2.75) is 57.6 Å². The third kappa shape index (κ3) is 8.08. The van der Waals surface area contributed by atoms with Gasteiger partial charge < -0.3 is 15.0 Å². The average Bonchev–Trinajstić information content (AvgIpc) is 2.89. The number of hydrogen-bond acceptors (Lipinski definition) is 5. The highest BCUT2D eigenvalue weighted by Crippen LogP contribution is 2.26. The first-order chi connectivity index (χ1) is 18.7.